The van der Waals surface area contributed by atoms with Crippen molar-refractivity contribution in [2.45, 2.75) is 12.5 Å². The summed E-state index contributed by atoms with van der Waals surface area (Å²) in [7, 11) is 0. The van der Waals surface area contributed by atoms with Crippen LogP contribution in [0.25, 0.3) is 0 Å². The van der Waals surface area contributed by atoms with Crippen LogP contribution >= 0.6 is 23.4 Å². The van der Waals surface area contributed by atoms with E-state index in [0.29, 0.717) is 17.1 Å². The highest BCUT2D eigenvalue weighted by molar-refractivity contribution is 7.98. The third-order valence-electron chi connectivity index (χ3n) is 3.09. The molecule has 0 spiro atoms. The topological polar surface area (TPSA) is 71.3 Å². The molecule has 0 radical (unpaired) electrons. The molecule has 0 bridgehead atoms. The fraction of sp³-hybridized carbons (Fsp3) is 0.250. The average molecular weight is 353 g/mol. The van der Waals surface area contributed by atoms with Crippen LogP contribution in [0.2, 0.25) is 5.02 Å². The maximum Gasteiger partial charge on any atom is 0.287 e. The number of furan rings is 1. The van der Waals surface area contributed by atoms with Gasteiger partial charge in [-0.1, -0.05) is 11.6 Å². The first-order chi connectivity index (χ1) is 11.1. The smallest absolute Gasteiger partial charge is 0.287 e. The van der Waals surface area contributed by atoms with Gasteiger partial charge < -0.3 is 15.1 Å². The molecule has 122 valence electrons. The normalized spacial score (nSPS) is 11.7. The molecule has 1 unspecified atom stereocenters. The summed E-state index contributed by atoms with van der Waals surface area (Å²) >= 11 is 7.43. The van der Waals surface area contributed by atoms with Crippen molar-refractivity contribution < 1.29 is 14.0 Å². The summed E-state index contributed by atoms with van der Waals surface area (Å²) in [6.45, 7) is 0. The minimum Gasteiger partial charge on any atom is -0.459 e. The lowest BCUT2D eigenvalue weighted by molar-refractivity contribution is -0.118. The minimum absolute atomic E-state index is 0.179. The number of anilines is 1. The van der Waals surface area contributed by atoms with Crippen LogP contribution in [0.3, 0.4) is 0 Å². The maximum absolute atomic E-state index is 12.4. The molecule has 2 rings (SSSR count). The fourth-order valence-corrected chi connectivity index (χ4v) is 2.50. The predicted molar refractivity (Wildman–Crippen MR) is 93.0 cm³/mol. The maximum atomic E-state index is 12.4. The minimum atomic E-state index is -0.643. The zero-order chi connectivity index (χ0) is 16.7. The molecule has 2 aromatic rings. The summed E-state index contributed by atoms with van der Waals surface area (Å²) in [6.07, 6.45) is 3.88. The monoisotopic (exact) mass is 352 g/mol. The molecule has 0 aliphatic carbocycles. The molecule has 2 amide bonds. The second kappa shape index (κ2) is 8.64. The lowest BCUT2D eigenvalue weighted by atomic mass is 10.2. The molecule has 0 saturated heterocycles. The van der Waals surface area contributed by atoms with E-state index in [2.05, 4.69) is 10.6 Å². The summed E-state index contributed by atoms with van der Waals surface area (Å²) < 4.78 is 5.05. The lowest BCUT2D eigenvalue weighted by Crippen LogP contribution is -2.44. The first kappa shape index (κ1) is 17.4. The number of amides is 2. The van der Waals surface area contributed by atoms with E-state index in [-0.39, 0.29) is 11.7 Å². The Morgan fingerprint density at radius 3 is 2.61 bits per heavy atom. The molecule has 23 heavy (non-hydrogen) atoms. The molecule has 5 nitrogen and oxygen atoms in total. The van der Waals surface area contributed by atoms with Crippen molar-refractivity contribution in [3.05, 3.63) is 53.4 Å². The molecule has 7 heteroatoms. The predicted octanol–water partition coefficient (Wildman–Crippen LogP) is 3.42. The van der Waals surface area contributed by atoms with Crippen molar-refractivity contribution in [3.8, 4) is 0 Å². The van der Waals surface area contributed by atoms with Crippen molar-refractivity contribution >= 4 is 40.9 Å². The number of benzene rings is 1. The Morgan fingerprint density at radius 1 is 1.26 bits per heavy atom. The van der Waals surface area contributed by atoms with Crippen LogP contribution in [-0.4, -0.2) is 29.9 Å². The third kappa shape index (κ3) is 5.33. The van der Waals surface area contributed by atoms with Crippen molar-refractivity contribution in [1.82, 2.24) is 5.32 Å². The highest BCUT2D eigenvalue weighted by atomic mass is 35.5. The van der Waals surface area contributed by atoms with E-state index in [0.717, 1.165) is 5.75 Å². The third-order valence-corrected chi connectivity index (χ3v) is 3.99. The quantitative estimate of drug-likeness (QED) is 0.800. The Balaban J connectivity index is 2.02. The van der Waals surface area contributed by atoms with Crippen molar-refractivity contribution in [3.63, 3.8) is 0 Å². The van der Waals surface area contributed by atoms with Gasteiger partial charge in [-0.2, -0.15) is 11.8 Å². The van der Waals surface area contributed by atoms with E-state index < -0.39 is 11.9 Å². The van der Waals surface area contributed by atoms with Gasteiger partial charge in [0, 0.05) is 10.7 Å². The number of rotatable bonds is 7. The molecule has 0 saturated carbocycles. The molecule has 1 aromatic carbocycles. The zero-order valence-corrected chi connectivity index (χ0v) is 14.1. The first-order valence-electron chi connectivity index (χ1n) is 7.00. The number of hydrogen-bond donors (Lipinski definition) is 2. The second-order valence-corrected chi connectivity index (χ2v) is 6.20. The lowest BCUT2D eigenvalue weighted by Gasteiger charge is -2.17. The Bertz CT molecular complexity index is 644. The van der Waals surface area contributed by atoms with E-state index in [1.54, 1.807) is 48.2 Å². The van der Waals surface area contributed by atoms with Crippen LogP contribution in [0.4, 0.5) is 5.69 Å². The van der Waals surface area contributed by atoms with Gasteiger partial charge >= 0.3 is 0 Å². The molecule has 0 fully saturated rings. The number of carbonyl (C=O) groups is 2. The van der Waals surface area contributed by atoms with Gasteiger partial charge in [0.25, 0.3) is 5.91 Å². The van der Waals surface area contributed by atoms with Gasteiger partial charge in [0.2, 0.25) is 5.91 Å². The highest BCUT2D eigenvalue weighted by Crippen LogP contribution is 2.14. The van der Waals surface area contributed by atoms with E-state index in [4.69, 9.17) is 16.0 Å². The molecule has 2 N–H and O–H groups in total. The van der Waals surface area contributed by atoms with Crippen LogP contribution in [0.15, 0.2) is 47.1 Å². The van der Waals surface area contributed by atoms with E-state index >= 15 is 0 Å². The van der Waals surface area contributed by atoms with E-state index in [1.165, 1.54) is 6.26 Å². The summed E-state index contributed by atoms with van der Waals surface area (Å²) in [5.41, 5.74) is 0.626. The second-order valence-electron chi connectivity index (χ2n) is 4.78. The van der Waals surface area contributed by atoms with Crippen LogP contribution < -0.4 is 10.6 Å². The van der Waals surface area contributed by atoms with Gasteiger partial charge in [0.15, 0.2) is 5.76 Å². The number of hydrogen-bond acceptors (Lipinski definition) is 4. The standard InChI is InChI=1S/C16H17ClN2O3S/c1-23-10-8-13(19-16(21)14-3-2-9-22-14)15(20)18-12-6-4-11(17)5-7-12/h2-7,9,13H,8,10H2,1H3,(H,18,20)(H,19,21). The molecular formula is C16H17ClN2O3S. The summed E-state index contributed by atoms with van der Waals surface area (Å²) in [5.74, 6) is 0.240. The Hall–Kier alpha value is -1.92. The van der Waals surface area contributed by atoms with Gasteiger partial charge in [0.1, 0.15) is 6.04 Å². The van der Waals surface area contributed by atoms with Crippen molar-refractivity contribution in [1.29, 1.82) is 0 Å². The van der Waals surface area contributed by atoms with Crippen molar-refractivity contribution in [2.24, 2.45) is 0 Å². The van der Waals surface area contributed by atoms with Crippen LogP contribution in [0.5, 0.6) is 0 Å². The Labute approximate surface area is 143 Å². The summed E-state index contributed by atoms with van der Waals surface area (Å²) in [6, 6.07) is 9.33. The van der Waals surface area contributed by atoms with Crippen molar-refractivity contribution in [2.75, 3.05) is 17.3 Å². The van der Waals surface area contributed by atoms with Crippen LogP contribution in [0, 0.1) is 0 Å². The van der Waals surface area contributed by atoms with Gasteiger partial charge in [-0.25, -0.2) is 0 Å². The molecular weight excluding hydrogens is 336 g/mol. The number of thioether (sulfide) groups is 1. The first-order valence-corrected chi connectivity index (χ1v) is 8.77. The Morgan fingerprint density at radius 2 is 2.00 bits per heavy atom. The van der Waals surface area contributed by atoms with Crippen LogP contribution in [-0.2, 0) is 4.79 Å². The highest BCUT2D eigenvalue weighted by Gasteiger charge is 2.22. The van der Waals surface area contributed by atoms with Gasteiger partial charge in [-0.05, 0) is 54.8 Å². The van der Waals surface area contributed by atoms with Gasteiger partial charge in [0.05, 0.1) is 6.26 Å². The van der Waals surface area contributed by atoms with Gasteiger partial charge in [-0.3, -0.25) is 9.59 Å². The van der Waals surface area contributed by atoms with Gasteiger partial charge in [-0.15, -0.1) is 0 Å². The number of carbonyl (C=O) groups excluding carboxylic acids is 2. The van der Waals surface area contributed by atoms with E-state index in [9.17, 15) is 9.59 Å². The molecule has 1 atom stereocenters. The molecule has 1 aromatic heterocycles. The average Bonchev–Trinajstić information content (AvgIpc) is 3.08. The molecule has 0 aliphatic rings. The summed E-state index contributed by atoms with van der Waals surface area (Å²) in [5, 5.41) is 6.07. The largest absolute Gasteiger partial charge is 0.459 e. The zero-order valence-electron chi connectivity index (χ0n) is 12.5. The van der Waals surface area contributed by atoms with E-state index in [1.807, 2.05) is 6.26 Å². The SMILES string of the molecule is CSCCC(NC(=O)c1ccco1)C(=O)Nc1ccc(Cl)cc1. The number of halogens is 1. The molecule has 0 aliphatic heterocycles. The van der Waals surface area contributed by atoms with Crippen LogP contribution in [0.1, 0.15) is 17.0 Å². The molecule has 1 heterocycles. The number of nitrogens with one attached hydrogen (secondary N) is 2. The Kier molecular flexibility index (Phi) is 6.55. The summed E-state index contributed by atoms with van der Waals surface area (Å²) in [4.78, 5) is 24.5. The fourth-order valence-electron chi connectivity index (χ4n) is 1.90.